The van der Waals surface area contributed by atoms with Crippen LogP contribution in [0.3, 0.4) is 0 Å². The molecule has 0 aliphatic heterocycles. The fraction of sp³-hybridized carbons (Fsp3) is 0. The highest BCUT2D eigenvalue weighted by atomic mass is 79.9. The molecule has 0 spiro atoms. The zero-order valence-corrected chi connectivity index (χ0v) is 9.86. The molecule has 0 unspecified atom stereocenters. The molecule has 0 aliphatic carbocycles. The van der Waals surface area contributed by atoms with Gasteiger partial charge in [0.25, 0.3) is 5.56 Å². The Morgan fingerprint density at radius 2 is 1.93 bits per heavy atom. The van der Waals surface area contributed by atoms with Crippen LogP contribution in [-0.2, 0) is 0 Å². The van der Waals surface area contributed by atoms with E-state index in [2.05, 4.69) is 21.0 Å². The number of aromatic nitrogens is 2. The largest absolute Gasteiger partial charge is 0.291 e. The van der Waals surface area contributed by atoms with Crippen LogP contribution >= 0.6 is 27.5 Å². The van der Waals surface area contributed by atoms with Crippen molar-refractivity contribution in [2.45, 2.75) is 0 Å². The topological polar surface area (TPSA) is 34.9 Å². The highest BCUT2D eigenvalue weighted by molar-refractivity contribution is 9.10. The first kappa shape index (κ1) is 10.4. The Labute approximate surface area is 99.4 Å². The molecule has 0 radical (unpaired) electrons. The fourth-order valence-electron chi connectivity index (χ4n) is 1.17. The third kappa shape index (κ3) is 1.96. The predicted molar refractivity (Wildman–Crippen MR) is 62.5 cm³/mol. The van der Waals surface area contributed by atoms with Gasteiger partial charge in [0.15, 0.2) is 0 Å². The summed E-state index contributed by atoms with van der Waals surface area (Å²) in [5.74, 6) is 0. The molecule has 76 valence electrons. The number of halogens is 2. The van der Waals surface area contributed by atoms with E-state index in [0.29, 0.717) is 10.2 Å². The molecule has 2 rings (SSSR count). The lowest BCUT2D eigenvalue weighted by molar-refractivity contribution is 0.803. The molecule has 2 aromatic rings. The van der Waals surface area contributed by atoms with E-state index < -0.39 is 0 Å². The lowest BCUT2D eigenvalue weighted by Crippen LogP contribution is -2.21. The molecule has 0 fully saturated rings. The van der Waals surface area contributed by atoms with E-state index in [4.69, 9.17) is 11.6 Å². The monoisotopic (exact) mass is 284 g/mol. The average Bonchev–Trinajstić information content (AvgIpc) is 2.27. The maximum Gasteiger partial charge on any atom is 0.291 e. The van der Waals surface area contributed by atoms with E-state index >= 15 is 0 Å². The quantitative estimate of drug-likeness (QED) is 0.807. The maximum atomic E-state index is 11.7. The third-order valence-corrected chi connectivity index (χ3v) is 3.07. The summed E-state index contributed by atoms with van der Waals surface area (Å²) in [4.78, 5) is 11.7. The van der Waals surface area contributed by atoms with E-state index in [9.17, 15) is 4.79 Å². The van der Waals surface area contributed by atoms with E-state index in [1.165, 1.54) is 10.9 Å². The van der Waals surface area contributed by atoms with Crippen LogP contribution < -0.4 is 5.56 Å². The van der Waals surface area contributed by atoms with Crippen LogP contribution in [-0.4, -0.2) is 9.78 Å². The highest BCUT2D eigenvalue weighted by Crippen LogP contribution is 2.16. The van der Waals surface area contributed by atoms with Gasteiger partial charge < -0.3 is 0 Å². The number of para-hydroxylation sites is 1. The molecule has 0 saturated heterocycles. The number of rotatable bonds is 1. The van der Waals surface area contributed by atoms with Gasteiger partial charge in [0.1, 0.15) is 5.02 Å². The van der Waals surface area contributed by atoms with Gasteiger partial charge in [-0.3, -0.25) is 4.79 Å². The summed E-state index contributed by atoms with van der Waals surface area (Å²) in [6.07, 6.45) is 1.50. The minimum Gasteiger partial charge on any atom is -0.266 e. The number of hydrogen-bond acceptors (Lipinski definition) is 2. The van der Waals surface area contributed by atoms with Gasteiger partial charge in [-0.15, -0.1) is 0 Å². The van der Waals surface area contributed by atoms with Crippen LogP contribution in [0.1, 0.15) is 0 Å². The van der Waals surface area contributed by atoms with E-state index in [1.807, 2.05) is 18.2 Å². The Morgan fingerprint density at radius 3 is 2.60 bits per heavy atom. The lowest BCUT2D eigenvalue weighted by Gasteiger charge is -2.04. The van der Waals surface area contributed by atoms with Crippen molar-refractivity contribution in [2.24, 2.45) is 0 Å². The zero-order chi connectivity index (χ0) is 10.8. The molecule has 5 heteroatoms. The lowest BCUT2D eigenvalue weighted by atomic mass is 10.3. The summed E-state index contributed by atoms with van der Waals surface area (Å²) in [5, 5.41) is 4.11. The molecular weight excluding hydrogens is 279 g/mol. The van der Waals surface area contributed by atoms with Gasteiger partial charge in [-0.2, -0.15) is 9.78 Å². The first-order valence-corrected chi connectivity index (χ1v) is 5.36. The van der Waals surface area contributed by atoms with Crippen molar-refractivity contribution in [3.8, 4) is 5.69 Å². The van der Waals surface area contributed by atoms with Gasteiger partial charge in [0.05, 0.1) is 16.4 Å². The van der Waals surface area contributed by atoms with Crippen molar-refractivity contribution in [3.63, 3.8) is 0 Å². The Morgan fingerprint density at radius 1 is 1.27 bits per heavy atom. The fourth-order valence-corrected chi connectivity index (χ4v) is 1.56. The first-order valence-electron chi connectivity index (χ1n) is 4.19. The first-order chi connectivity index (χ1) is 7.20. The van der Waals surface area contributed by atoms with Crippen LogP contribution in [0.5, 0.6) is 0 Å². The molecule has 1 aromatic heterocycles. The van der Waals surface area contributed by atoms with Gasteiger partial charge in [-0.25, -0.2) is 0 Å². The van der Waals surface area contributed by atoms with Crippen LogP contribution in [0.2, 0.25) is 5.02 Å². The summed E-state index contributed by atoms with van der Waals surface area (Å²) in [5.41, 5.74) is 0.356. The van der Waals surface area contributed by atoms with E-state index in [0.717, 1.165) is 0 Å². The van der Waals surface area contributed by atoms with Crippen molar-refractivity contribution in [1.29, 1.82) is 0 Å². The summed E-state index contributed by atoms with van der Waals surface area (Å²) in [7, 11) is 0. The highest BCUT2D eigenvalue weighted by Gasteiger charge is 2.07. The van der Waals surface area contributed by atoms with Gasteiger partial charge >= 0.3 is 0 Å². The molecule has 15 heavy (non-hydrogen) atoms. The summed E-state index contributed by atoms with van der Waals surface area (Å²) < 4.78 is 1.76. The standard InChI is InChI=1S/C10H6BrClN2O/c11-8-6-13-14(10(15)9(8)12)7-4-2-1-3-5-7/h1-6H. The van der Waals surface area contributed by atoms with Crippen molar-refractivity contribution in [3.05, 3.63) is 56.4 Å². The minimum atomic E-state index is -0.336. The minimum absolute atomic E-state index is 0.133. The maximum absolute atomic E-state index is 11.7. The van der Waals surface area contributed by atoms with Crippen LogP contribution in [0.4, 0.5) is 0 Å². The molecule has 0 N–H and O–H groups in total. The molecule has 1 aromatic carbocycles. The molecule has 0 atom stereocenters. The summed E-state index contributed by atoms with van der Waals surface area (Å²) in [6.45, 7) is 0. The molecule has 3 nitrogen and oxygen atoms in total. The Bertz CT molecular complexity index is 539. The predicted octanol–water partition coefficient (Wildman–Crippen LogP) is 2.65. The second-order valence-corrected chi connectivity index (χ2v) is 4.09. The van der Waals surface area contributed by atoms with Crippen LogP contribution in [0.15, 0.2) is 45.8 Å². The number of hydrogen-bond donors (Lipinski definition) is 0. The SMILES string of the molecule is O=c1c(Cl)c(Br)cnn1-c1ccccc1. The molecular formula is C10H6BrClN2O. The van der Waals surface area contributed by atoms with Crippen LogP contribution in [0, 0.1) is 0 Å². The third-order valence-electron chi connectivity index (χ3n) is 1.88. The molecule has 0 aliphatic rings. The summed E-state index contributed by atoms with van der Waals surface area (Å²) >= 11 is 8.96. The van der Waals surface area contributed by atoms with Crippen LogP contribution in [0.25, 0.3) is 5.69 Å². The van der Waals surface area contributed by atoms with E-state index in [-0.39, 0.29) is 10.6 Å². The second-order valence-electron chi connectivity index (χ2n) is 2.86. The van der Waals surface area contributed by atoms with Gasteiger partial charge in [0.2, 0.25) is 0 Å². The molecule has 0 amide bonds. The Kier molecular flexibility index (Phi) is 2.88. The second kappa shape index (κ2) is 4.16. The van der Waals surface area contributed by atoms with E-state index in [1.54, 1.807) is 12.1 Å². The summed E-state index contributed by atoms with van der Waals surface area (Å²) in [6, 6.07) is 9.12. The molecule has 0 saturated carbocycles. The number of nitrogens with zero attached hydrogens (tertiary/aromatic N) is 2. The normalized spacial score (nSPS) is 10.3. The van der Waals surface area contributed by atoms with Crippen molar-refractivity contribution in [2.75, 3.05) is 0 Å². The molecule has 1 heterocycles. The van der Waals surface area contributed by atoms with Crippen molar-refractivity contribution < 1.29 is 0 Å². The van der Waals surface area contributed by atoms with Gasteiger partial charge in [-0.05, 0) is 28.1 Å². The zero-order valence-electron chi connectivity index (χ0n) is 7.52. The smallest absolute Gasteiger partial charge is 0.266 e. The molecule has 0 bridgehead atoms. The Balaban J connectivity index is 2.66. The number of benzene rings is 1. The van der Waals surface area contributed by atoms with Gasteiger partial charge in [-0.1, -0.05) is 29.8 Å². The Hall–Kier alpha value is -1.13. The average molecular weight is 286 g/mol. The van der Waals surface area contributed by atoms with Crippen molar-refractivity contribution >= 4 is 27.5 Å². The van der Waals surface area contributed by atoms with Gasteiger partial charge in [0, 0.05) is 0 Å². The van der Waals surface area contributed by atoms with Crippen molar-refractivity contribution in [1.82, 2.24) is 9.78 Å².